The summed E-state index contributed by atoms with van der Waals surface area (Å²) < 4.78 is 0.992. The number of carbonyl (C=O) groups excluding carboxylic acids is 1. The van der Waals surface area contributed by atoms with Gasteiger partial charge in [0.25, 0.3) is 0 Å². The quantitative estimate of drug-likeness (QED) is 0.696. The van der Waals surface area contributed by atoms with Crippen molar-refractivity contribution in [1.82, 2.24) is 10.2 Å². The van der Waals surface area contributed by atoms with Gasteiger partial charge in [-0.15, -0.1) is 0 Å². The molecule has 0 spiro atoms. The van der Waals surface area contributed by atoms with Gasteiger partial charge in [0.1, 0.15) is 0 Å². The van der Waals surface area contributed by atoms with Crippen LogP contribution >= 0.6 is 15.9 Å². The van der Waals surface area contributed by atoms with Crippen LogP contribution in [0.3, 0.4) is 0 Å². The van der Waals surface area contributed by atoms with Crippen LogP contribution in [0, 0.1) is 0 Å². The molecule has 2 aromatic rings. The van der Waals surface area contributed by atoms with Crippen molar-refractivity contribution in [2.45, 2.75) is 25.3 Å². The average Bonchev–Trinajstić information content (AvgIpc) is 2.67. The maximum atomic E-state index is 12.4. The van der Waals surface area contributed by atoms with Crippen molar-refractivity contribution >= 4 is 21.7 Å². The number of nitrogens with zero attached hydrogens (tertiary/aromatic N) is 1. The van der Waals surface area contributed by atoms with E-state index in [-0.39, 0.29) is 5.78 Å². The van der Waals surface area contributed by atoms with Gasteiger partial charge < -0.3 is 5.32 Å². The molecule has 1 N–H and O–H groups in total. The van der Waals surface area contributed by atoms with Crippen LogP contribution in [0.4, 0.5) is 0 Å². The Morgan fingerprint density at radius 2 is 1.68 bits per heavy atom. The average molecular weight is 401 g/mol. The second kappa shape index (κ2) is 9.27. The summed E-state index contributed by atoms with van der Waals surface area (Å²) in [7, 11) is 0. The molecule has 0 aromatic heterocycles. The Morgan fingerprint density at radius 1 is 1.00 bits per heavy atom. The second-order valence-corrected chi connectivity index (χ2v) is 7.50. The third kappa shape index (κ3) is 5.24. The molecule has 0 saturated carbocycles. The molecule has 3 rings (SSSR count). The fourth-order valence-corrected chi connectivity index (χ4v) is 3.69. The number of likely N-dealkylation sites (tertiary alicyclic amines) is 1. The molecule has 1 fully saturated rings. The molecule has 0 radical (unpaired) electrons. The first-order chi connectivity index (χ1) is 12.2. The summed E-state index contributed by atoms with van der Waals surface area (Å²) in [5.74, 6) is 0.137. The number of carbonyl (C=O) groups is 1. The first kappa shape index (κ1) is 18.3. The molecule has 25 heavy (non-hydrogen) atoms. The predicted octanol–water partition coefficient (Wildman–Crippen LogP) is 4.45. The van der Waals surface area contributed by atoms with E-state index in [1.54, 1.807) is 0 Å². The number of hydrogen-bond acceptors (Lipinski definition) is 3. The van der Waals surface area contributed by atoms with E-state index in [4.69, 9.17) is 0 Å². The summed E-state index contributed by atoms with van der Waals surface area (Å²) in [5, 5.41) is 3.39. The molecule has 1 aliphatic heterocycles. The summed E-state index contributed by atoms with van der Waals surface area (Å²) in [4.78, 5) is 14.9. The van der Waals surface area contributed by atoms with Crippen LogP contribution in [0.1, 0.15) is 41.2 Å². The van der Waals surface area contributed by atoms with E-state index in [0.717, 1.165) is 29.7 Å². The topological polar surface area (TPSA) is 32.3 Å². The normalized spacial score (nSPS) is 16.5. The minimum absolute atomic E-state index is 0.137. The third-order valence-electron chi connectivity index (χ3n) is 4.81. The highest BCUT2D eigenvalue weighted by atomic mass is 79.9. The lowest BCUT2D eigenvalue weighted by Gasteiger charge is -2.35. The second-order valence-electron chi connectivity index (χ2n) is 6.58. The molecule has 0 aliphatic carbocycles. The summed E-state index contributed by atoms with van der Waals surface area (Å²) in [5.41, 5.74) is 2.08. The van der Waals surface area contributed by atoms with Crippen molar-refractivity contribution in [3.8, 4) is 0 Å². The van der Waals surface area contributed by atoms with Crippen molar-refractivity contribution < 1.29 is 4.79 Å². The standard InChI is InChI=1S/C21H25BrN2O/c22-19-11-9-18(10-12-19)21(25)16-23-15-20(17-7-3-1-4-8-17)24-13-5-2-6-14-24/h1,3-4,7-12,20,23H,2,5-6,13-16H2. The van der Waals surface area contributed by atoms with Crippen LogP contribution in [0.2, 0.25) is 0 Å². The number of Topliss-reactive ketones (excluding diaryl/α,β-unsaturated/α-hetero) is 1. The summed E-state index contributed by atoms with van der Waals surface area (Å²) in [6.45, 7) is 3.45. The third-order valence-corrected chi connectivity index (χ3v) is 5.33. The first-order valence-corrected chi connectivity index (χ1v) is 9.82. The number of ketones is 1. The Labute approximate surface area is 158 Å². The first-order valence-electron chi connectivity index (χ1n) is 9.02. The number of benzene rings is 2. The zero-order valence-corrected chi connectivity index (χ0v) is 16.0. The SMILES string of the molecule is O=C(CNCC(c1ccccc1)N1CCCCC1)c1ccc(Br)cc1. The fraction of sp³-hybridized carbons (Fsp3) is 0.381. The van der Waals surface area contributed by atoms with Gasteiger partial charge in [0.05, 0.1) is 6.54 Å². The molecule has 4 heteroatoms. The van der Waals surface area contributed by atoms with Gasteiger partial charge in [0.15, 0.2) is 5.78 Å². The zero-order valence-electron chi connectivity index (χ0n) is 14.5. The van der Waals surface area contributed by atoms with Gasteiger partial charge in [-0.1, -0.05) is 64.8 Å². The maximum absolute atomic E-state index is 12.4. The fourth-order valence-electron chi connectivity index (χ4n) is 3.42. The van der Waals surface area contributed by atoms with Crippen molar-refractivity contribution in [1.29, 1.82) is 0 Å². The Morgan fingerprint density at radius 3 is 2.36 bits per heavy atom. The van der Waals surface area contributed by atoms with Gasteiger partial charge in [-0.25, -0.2) is 0 Å². The van der Waals surface area contributed by atoms with Crippen LogP contribution in [-0.2, 0) is 0 Å². The van der Waals surface area contributed by atoms with E-state index >= 15 is 0 Å². The zero-order chi connectivity index (χ0) is 17.5. The number of nitrogens with one attached hydrogen (secondary N) is 1. The van der Waals surface area contributed by atoms with E-state index in [9.17, 15) is 4.79 Å². The van der Waals surface area contributed by atoms with Crippen LogP contribution in [0.15, 0.2) is 59.1 Å². The molecule has 3 nitrogen and oxygen atoms in total. The van der Waals surface area contributed by atoms with E-state index in [2.05, 4.69) is 56.5 Å². The van der Waals surface area contributed by atoms with Gasteiger partial charge in [0, 0.05) is 22.6 Å². The lowest BCUT2D eigenvalue weighted by Crippen LogP contribution is -2.40. The van der Waals surface area contributed by atoms with Crippen LogP contribution in [-0.4, -0.2) is 36.9 Å². The van der Waals surface area contributed by atoms with Crippen molar-refractivity contribution in [2.75, 3.05) is 26.2 Å². The molecule has 2 aromatic carbocycles. The van der Waals surface area contributed by atoms with Gasteiger partial charge in [0.2, 0.25) is 0 Å². The van der Waals surface area contributed by atoms with E-state index in [1.165, 1.54) is 24.8 Å². The highest BCUT2D eigenvalue weighted by molar-refractivity contribution is 9.10. The van der Waals surface area contributed by atoms with Crippen molar-refractivity contribution in [3.63, 3.8) is 0 Å². The summed E-state index contributed by atoms with van der Waals surface area (Å²) in [6, 6.07) is 18.5. The lowest BCUT2D eigenvalue weighted by molar-refractivity contribution is 0.0983. The highest BCUT2D eigenvalue weighted by Gasteiger charge is 2.22. The molecule has 1 saturated heterocycles. The van der Waals surface area contributed by atoms with Gasteiger partial charge in [-0.2, -0.15) is 0 Å². The number of rotatable bonds is 7. The van der Waals surface area contributed by atoms with E-state index in [0.29, 0.717) is 12.6 Å². The maximum Gasteiger partial charge on any atom is 0.176 e. The molecule has 1 unspecified atom stereocenters. The van der Waals surface area contributed by atoms with Gasteiger partial charge in [-0.3, -0.25) is 9.69 Å². The van der Waals surface area contributed by atoms with E-state index < -0.39 is 0 Å². The molecule has 1 aliphatic rings. The Hall–Kier alpha value is -1.49. The minimum atomic E-state index is 0.137. The molecule has 1 atom stereocenters. The highest BCUT2D eigenvalue weighted by Crippen LogP contribution is 2.24. The number of piperidine rings is 1. The van der Waals surface area contributed by atoms with Crippen molar-refractivity contribution in [2.24, 2.45) is 0 Å². The molecule has 0 bridgehead atoms. The lowest BCUT2D eigenvalue weighted by atomic mass is 10.0. The Kier molecular flexibility index (Phi) is 6.79. The Balaban J connectivity index is 1.60. The van der Waals surface area contributed by atoms with Crippen LogP contribution in [0.5, 0.6) is 0 Å². The number of hydrogen-bond donors (Lipinski definition) is 1. The molecule has 0 amide bonds. The molecular weight excluding hydrogens is 376 g/mol. The molecule has 132 valence electrons. The monoisotopic (exact) mass is 400 g/mol. The van der Waals surface area contributed by atoms with Crippen LogP contribution in [0.25, 0.3) is 0 Å². The smallest absolute Gasteiger partial charge is 0.176 e. The van der Waals surface area contributed by atoms with E-state index in [1.807, 2.05) is 24.3 Å². The summed E-state index contributed by atoms with van der Waals surface area (Å²) in [6.07, 6.45) is 3.86. The largest absolute Gasteiger partial charge is 0.308 e. The molecular formula is C21H25BrN2O. The Bertz CT molecular complexity index is 666. The van der Waals surface area contributed by atoms with Gasteiger partial charge >= 0.3 is 0 Å². The molecule has 1 heterocycles. The number of halogens is 1. The van der Waals surface area contributed by atoms with Crippen LogP contribution < -0.4 is 5.32 Å². The van der Waals surface area contributed by atoms with Crippen molar-refractivity contribution in [3.05, 3.63) is 70.2 Å². The van der Waals surface area contributed by atoms with Gasteiger partial charge in [-0.05, 0) is 43.6 Å². The summed E-state index contributed by atoms with van der Waals surface area (Å²) >= 11 is 3.40. The predicted molar refractivity (Wildman–Crippen MR) is 106 cm³/mol. The minimum Gasteiger partial charge on any atom is -0.308 e.